The fourth-order valence-corrected chi connectivity index (χ4v) is 0.0791. The first kappa shape index (κ1) is 6.74. The van der Waals surface area contributed by atoms with Gasteiger partial charge in [0.05, 0.1) is 0 Å². The first-order chi connectivity index (χ1) is 3.12. The van der Waals surface area contributed by atoms with Crippen LogP contribution in [0, 0.1) is 11.3 Å². The van der Waals surface area contributed by atoms with Gasteiger partial charge in [-0.3, -0.25) is 0 Å². The van der Waals surface area contributed by atoms with Gasteiger partial charge in [0.2, 0.25) is 0 Å². The second-order valence-electron chi connectivity index (χ2n) is 1.33. The maximum absolute atomic E-state index is 8.09. The predicted molar refractivity (Wildman–Crippen MR) is 28.7 cm³/mol. The first-order valence-corrected chi connectivity index (χ1v) is 2.39. The maximum atomic E-state index is 8.09. The van der Waals surface area contributed by atoms with Gasteiger partial charge in [-0.15, -0.1) is 0 Å². The Kier molecular flexibility index (Phi) is 2.07. The molecule has 0 aromatic heterocycles. The monoisotopic (exact) mass is 118 g/mol. The van der Waals surface area contributed by atoms with E-state index in [0.717, 1.165) is 0 Å². The van der Waals surface area contributed by atoms with Crippen LogP contribution in [0.15, 0.2) is 0 Å². The van der Waals surface area contributed by atoms with Gasteiger partial charge in [-0.05, 0) is 6.42 Å². The van der Waals surface area contributed by atoms with Crippen molar-refractivity contribution in [3.8, 4) is 6.07 Å². The van der Waals surface area contributed by atoms with E-state index in [1.165, 1.54) is 0 Å². The summed E-state index contributed by atoms with van der Waals surface area (Å²) < 4.78 is 0. The van der Waals surface area contributed by atoms with Crippen LogP contribution in [0.1, 0.15) is 13.3 Å². The van der Waals surface area contributed by atoms with E-state index >= 15 is 0 Å². The summed E-state index contributed by atoms with van der Waals surface area (Å²) in [5.74, 6) is 0. The SMILES string of the molecule is CC[C@](N)(Cl)C#N. The van der Waals surface area contributed by atoms with Crippen molar-refractivity contribution >= 4 is 11.6 Å². The predicted octanol–water partition coefficient (Wildman–Crippen LogP) is 0.814. The van der Waals surface area contributed by atoms with Crippen molar-refractivity contribution in [2.24, 2.45) is 5.73 Å². The number of nitriles is 1. The molecule has 0 rings (SSSR count). The fraction of sp³-hybridized carbons (Fsp3) is 0.750. The normalized spacial score (nSPS) is 17.4. The van der Waals surface area contributed by atoms with E-state index in [4.69, 9.17) is 22.6 Å². The minimum Gasteiger partial charge on any atom is -0.301 e. The highest BCUT2D eigenvalue weighted by Crippen LogP contribution is 2.08. The van der Waals surface area contributed by atoms with Crippen LogP contribution in [0.2, 0.25) is 0 Å². The Balaban J connectivity index is 3.66. The molecule has 0 amide bonds. The molecule has 40 valence electrons. The molecule has 0 aromatic rings. The third kappa shape index (κ3) is 2.44. The summed E-state index contributed by atoms with van der Waals surface area (Å²) >= 11 is 5.32. The van der Waals surface area contributed by atoms with Crippen LogP contribution in [0.4, 0.5) is 0 Å². The largest absolute Gasteiger partial charge is 0.301 e. The lowest BCUT2D eigenvalue weighted by atomic mass is 10.3. The molecule has 0 unspecified atom stereocenters. The lowest BCUT2D eigenvalue weighted by molar-refractivity contribution is 0.720. The molecule has 0 aromatic carbocycles. The van der Waals surface area contributed by atoms with Crippen molar-refractivity contribution < 1.29 is 0 Å². The summed E-state index contributed by atoms with van der Waals surface area (Å²) in [4.78, 5) is -1.14. The summed E-state index contributed by atoms with van der Waals surface area (Å²) in [5.41, 5.74) is 5.12. The molecule has 2 N–H and O–H groups in total. The summed E-state index contributed by atoms with van der Waals surface area (Å²) in [6.45, 7) is 1.76. The molecular weight excluding hydrogens is 112 g/mol. The molecule has 7 heavy (non-hydrogen) atoms. The van der Waals surface area contributed by atoms with Gasteiger partial charge in [0.25, 0.3) is 0 Å². The van der Waals surface area contributed by atoms with Crippen LogP contribution in [0.25, 0.3) is 0 Å². The Labute approximate surface area is 47.9 Å². The molecule has 1 atom stereocenters. The van der Waals surface area contributed by atoms with Crippen LogP contribution in [0.3, 0.4) is 0 Å². The molecule has 0 saturated carbocycles. The van der Waals surface area contributed by atoms with Gasteiger partial charge < -0.3 is 5.73 Å². The Bertz CT molecular complexity index is 92.4. The molecule has 0 aliphatic heterocycles. The number of rotatable bonds is 1. The van der Waals surface area contributed by atoms with Gasteiger partial charge >= 0.3 is 0 Å². The van der Waals surface area contributed by atoms with Crippen molar-refractivity contribution in [3.63, 3.8) is 0 Å². The average molecular weight is 119 g/mol. The van der Waals surface area contributed by atoms with Crippen molar-refractivity contribution in [3.05, 3.63) is 0 Å². The van der Waals surface area contributed by atoms with E-state index < -0.39 is 5.00 Å². The summed E-state index contributed by atoms with van der Waals surface area (Å²) in [6, 6.07) is 1.73. The van der Waals surface area contributed by atoms with Gasteiger partial charge in [-0.25, -0.2) is 0 Å². The highest BCUT2D eigenvalue weighted by Gasteiger charge is 2.15. The molecule has 0 aliphatic rings. The lowest BCUT2D eigenvalue weighted by Gasteiger charge is -2.05. The minimum atomic E-state index is -1.14. The van der Waals surface area contributed by atoms with Crippen LogP contribution < -0.4 is 5.73 Å². The van der Waals surface area contributed by atoms with Crippen LogP contribution in [0.5, 0.6) is 0 Å². The van der Waals surface area contributed by atoms with Crippen LogP contribution >= 0.6 is 11.6 Å². The summed E-state index contributed by atoms with van der Waals surface area (Å²) in [7, 11) is 0. The number of hydrogen-bond acceptors (Lipinski definition) is 2. The second kappa shape index (κ2) is 2.15. The first-order valence-electron chi connectivity index (χ1n) is 2.01. The van der Waals surface area contributed by atoms with Crippen molar-refractivity contribution in [1.29, 1.82) is 5.26 Å². The quantitative estimate of drug-likeness (QED) is 0.409. The Morgan fingerprint density at radius 3 is 2.43 bits per heavy atom. The number of alkyl halides is 1. The van der Waals surface area contributed by atoms with Crippen molar-refractivity contribution in [1.82, 2.24) is 0 Å². The van der Waals surface area contributed by atoms with Crippen molar-refractivity contribution in [2.45, 2.75) is 18.3 Å². The average Bonchev–Trinajstić information content (AvgIpc) is 1.68. The van der Waals surface area contributed by atoms with Gasteiger partial charge in [-0.2, -0.15) is 5.26 Å². The molecule has 0 aliphatic carbocycles. The third-order valence-corrected chi connectivity index (χ3v) is 1.05. The number of hydrogen-bond donors (Lipinski definition) is 1. The van der Waals surface area contributed by atoms with E-state index in [0.29, 0.717) is 6.42 Å². The maximum Gasteiger partial charge on any atom is 0.178 e. The lowest BCUT2D eigenvalue weighted by Crippen LogP contribution is -2.29. The fourth-order valence-electron chi connectivity index (χ4n) is 0.0791. The number of nitrogens with two attached hydrogens (primary N) is 1. The Morgan fingerprint density at radius 1 is 2.00 bits per heavy atom. The van der Waals surface area contributed by atoms with Crippen molar-refractivity contribution in [2.75, 3.05) is 0 Å². The smallest absolute Gasteiger partial charge is 0.178 e. The zero-order chi connectivity index (χ0) is 5.91. The highest BCUT2D eigenvalue weighted by molar-refractivity contribution is 6.25. The topological polar surface area (TPSA) is 49.8 Å². The Morgan fingerprint density at radius 2 is 2.43 bits per heavy atom. The molecule has 0 radical (unpaired) electrons. The minimum absolute atomic E-state index is 0.477. The zero-order valence-corrected chi connectivity index (χ0v) is 4.87. The third-order valence-electron chi connectivity index (χ3n) is 0.700. The molecule has 0 fully saturated rings. The standard InChI is InChI=1S/C4H7ClN2/c1-2-4(5,7)3-6/h2,7H2,1H3/t4-/m1/s1. The molecule has 0 heterocycles. The molecule has 2 nitrogen and oxygen atoms in total. The number of nitrogens with zero attached hydrogens (tertiary/aromatic N) is 1. The zero-order valence-electron chi connectivity index (χ0n) is 4.11. The molecular formula is C4H7ClN2. The van der Waals surface area contributed by atoms with Crippen LogP contribution in [-0.2, 0) is 0 Å². The summed E-state index contributed by atoms with van der Waals surface area (Å²) in [5, 5.41) is 8.09. The molecule has 3 heteroatoms. The molecule has 0 spiro atoms. The van der Waals surface area contributed by atoms with E-state index in [1.807, 2.05) is 0 Å². The van der Waals surface area contributed by atoms with Crippen LogP contribution in [-0.4, -0.2) is 5.00 Å². The van der Waals surface area contributed by atoms with E-state index in [2.05, 4.69) is 0 Å². The Hall–Kier alpha value is -0.260. The van der Waals surface area contributed by atoms with Gasteiger partial charge in [-0.1, -0.05) is 18.5 Å². The molecule has 0 saturated heterocycles. The van der Waals surface area contributed by atoms with E-state index in [-0.39, 0.29) is 0 Å². The number of halogens is 1. The van der Waals surface area contributed by atoms with E-state index in [9.17, 15) is 0 Å². The molecule has 0 bridgehead atoms. The highest BCUT2D eigenvalue weighted by atomic mass is 35.5. The van der Waals surface area contributed by atoms with E-state index in [1.54, 1.807) is 13.0 Å². The van der Waals surface area contributed by atoms with Gasteiger partial charge in [0.1, 0.15) is 6.07 Å². The second-order valence-corrected chi connectivity index (χ2v) is 2.00. The summed E-state index contributed by atoms with van der Waals surface area (Å²) in [6.07, 6.45) is 0.477. The van der Waals surface area contributed by atoms with Gasteiger partial charge in [0, 0.05) is 0 Å². The van der Waals surface area contributed by atoms with Gasteiger partial charge in [0.15, 0.2) is 5.00 Å².